The van der Waals surface area contributed by atoms with E-state index < -0.39 is 0 Å². The highest BCUT2D eigenvalue weighted by atomic mass is 16.2. The molecule has 1 aromatic carbocycles. The van der Waals surface area contributed by atoms with Gasteiger partial charge in [0.15, 0.2) is 0 Å². The molecule has 4 rings (SSSR count). The maximum absolute atomic E-state index is 11.6. The van der Waals surface area contributed by atoms with E-state index in [1.54, 1.807) is 12.4 Å². The lowest BCUT2D eigenvalue weighted by atomic mass is 10.1. The SMILES string of the molecule is O=C1CCCN1CCCNc1ccnc(Nc2nccc3ccccc23)n1. The molecular formula is C20H22N6O. The van der Waals surface area contributed by atoms with Crippen LogP contribution in [0.5, 0.6) is 0 Å². The molecule has 0 aliphatic carbocycles. The molecule has 7 heteroatoms. The van der Waals surface area contributed by atoms with E-state index in [1.165, 1.54) is 0 Å². The Balaban J connectivity index is 1.36. The van der Waals surface area contributed by atoms with E-state index in [0.717, 1.165) is 54.9 Å². The first-order valence-corrected chi connectivity index (χ1v) is 9.25. The quantitative estimate of drug-likeness (QED) is 0.628. The average molecular weight is 362 g/mol. The van der Waals surface area contributed by atoms with E-state index in [-0.39, 0.29) is 5.91 Å². The zero-order chi connectivity index (χ0) is 18.5. The fourth-order valence-electron chi connectivity index (χ4n) is 3.27. The van der Waals surface area contributed by atoms with Gasteiger partial charge < -0.3 is 15.5 Å². The molecule has 0 saturated carbocycles. The fraction of sp³-hybridized carbons (Fsp3) is 0.300. The lowest BCUT2D eigenvalue weighted by molar-refractivity contribution is -0.127. The van der Waals surface area contributed by atoms with Crippen LogP contribution < -0.4 is 10.6 Å². The molecule has 0 atom stereocenters. The summed E-state index contributed by atoms with van der Waals surface area (Å²) in [5, 5.41) is 8.64. The van der Waals surface area contributed by atoms with E-state index in [9.17, 15) is 4.79 Å². The van der Waals surface area contributed by atoms with Crippen molar-refractivity contribution in [1.29, 1.82) is 0 Å². The molecular weight excluding hydrogens is 340 g/mol. The highest BCUT2D eigenvalue weighted by Gasteiger charge is 2.18. The maximum atomic E-state index is 11.6. The van der Waals surface area contributed by atoms with Gasteiger partial charge in [-0.2, -0.15) is 4.98 Å². The molecule has 2 N–H and O–H groups in total. The second kappa shape index (κ2) is 7.99. The van der Waals surface area contributed by atoms with E-state index >= 15 is 0 Å². The average Bonchev–Trinajstić information content (AvgIpc) is 3.11. The number of fused-ring (bicyclic) bond motifs is 1. The van der Waals surface area contributed by atoms with Gasteiger partial charge >= 0.3 is 0 Å². The minimum absolute atomic E-state index is 0.270. The van der Waals surface area contributed by atoms with Gasteiger partial charge in [-0.15, -0.1) is 0 Å². The number of pyridine rings is 1. The monoisotopic (exact) mass is 362 g/mol. The van der Waals surface area contributed by atoms with Gasteiger partial charge in [0, 0.05) is 43.8 Å². The van der Waals surface area contributed by atoms with E-state index in [2.05, 4.69) is 25.6 Å². The Kier molecular flexibility index (Phi) is 5.09. The van der Waals surface area contributed by atoms with Crippen LogP contribution in [0, 0.1) is 0 Å². The van der Waals surface area contributed by atoms with Crippen molar-refractivity contribution in [3.8, 4) is 0 Å². The zero-order valence-corrected chi connectivity index (χ0v) is 15.1. The van der Waals surface area contributed by atoms with Crippen LogP contribution in [0.3, 0.4) is 0 Å². The molecule has 1 saturated heterocycles. The number of carbonyl (C=O) groups is 1. The molecule has 0 bridgehead atoms. The smallest absolute Gasteiger partial charge is 0.230 e. The van der Waals surface area contributed by atoms with Gasteiger partial charge in [0.2, 0.25) is 11.9 Å². The van der Waals surface area contributed by atoms with Crippen molar-refractivity contribution < 1.29 is 4.79 Å². The summed E-state index contributed by atoms with van der Waals surface area (Å²) in [6, 6.07) is 11.9. The first-order chi connectivity index (χ1) is 13.3. The Morgan fingerprint density at radius 1 is 1.07 bits per heavy atom. The molecule has 1 fully saturated rings. The summed E-state index contributed by atoms with van der Waals surface area (Å²) >= 11 is 0. The van der Waals surface area contributed by atoms with Gasteiger partial charge in [-0.05, 0) is 30.4 Å². The molecule has 27 heavy (non-hydrogen) atoms. The number of aromatic nitrogens is 3. The number of rotatable bonds is 7. The molecule has 0 spiro atoms. The lowest BCUT2D eigenvalue weighted by Crippen LogP contribution is -2.27. The van der Waals surface area contributed by atoms with Crippen molar-refractivity contribution in [3.63, 3.8) is 0 Å². The second-order valence-corrected chi connectivity index (χ2v) is 6.54. The molecule has 1 aliphatic rings. The number of likely N-dealkylation sites (tertiary alicyclic amines) is 1. The lowest BCUT2D eigenvalue weighted by Gasteiger charge is -2.15. The normalized spacial score (nSPS) is 13.9. The Morgan fingerprint density at radius 2 is 1.96 bits per heavy atom. The minimum atomic E-state index is 0.270. The van der Waals surface area contributed by atoms with Gasteiger partial charge in [-0.25, -0.2) is 9.97 Å². The number of nitrogens with one attached hydrogen (secondary N) is 2. The van der Waals surface area contributed by atoms with Crippen molar-refractivity contribution in [3.05, 3.63) is 48.8 Å². The topological polar surface area (TPSA) is 83.0 Å². The molecule has 3 aromatic rings. The van der Waals surface area contributed by atoms with Crippen LogP contribution >= 0.6 is 0 Å². The first-order valence-electron chi connectivity index (χ1n) is 9.25. The molecule has 0 radical (unpaired) electrons. The van der Waals surface area contributed by atoms with Gasteiger partial charge in [0.05, 0.1) is 0 Å². The predicted molar refractivity (Wildman–Crippen MR) is 106 cm³/mol. The fourth-order valence-corrected chi connectivity index (χ4v) is 3.27. The van der Waals surface area contributed by atoms with E-state index in [0.29, 0.717) is 12.4 Å². The van der Waals surface area contributed by atoms with Gasteiger partial charge in [-0.3, -0.25) is 4.79 Å². The number of benzene rings is 1. The Labute approximate surface area is 157 Å². The van der Waals surface area contributed by atoms with Crippen LogP contribution in [-0.2, 0) is 4.79 Å². The molecule has 2 aromatic heterocycles. The zero-order valence-electron chi connectivity index (χ0n) is 15.1. The number of amides is 1. The summed E-state index contributed by atoms with van der Waals surface area (Å²) in [5.74, 6) is 2.25. The van der Waals surface area contributed by atoms with Crippen molar-refractivity contribution >= 4 is 34.3 Å². The van der Waals surface area contributed by atoms with Gasteiger partial charge in [0.1, 0.15) is 11.6 Å². The highest BCUT2D eigenvalue weighted by molar-refractivity contribution is 5.92. The summed E-state index contributed by atoms with van der Waals surface area (Å²) in [6.07, 6.45) is 6.05. The third-order valence-corrected chi connectivity index (χ3v) is 4.64. The van der Waals surface area contributed by atoms with Crippen molar-refractivity contribution in [1.82, 2.24) is 19.9 Å². The number of carbonyl (C=O) groups excluding carboxylic acids is 1. The first kappa shape index (κ1) is 17.2. The van der Waals surface area contributed by atoms with Crippen LogP contribution in [0.2, 0.25) is 0 Å². The van der Waals surface area contributed by atoms with Crippen LogP contribution in [0.4, 0.5) is 17.6 Å². The van der Waals surface area contributed by atoms with Crippen LogP contribution in [-0.4, -0.2) is 45.4 Å². The molecule has 1 amide bonds. The van der Waals surface area contributed by atoms with Crippen molar-refractivity contribution in [2.75, 3.05) is 30.3 Å². The molecule has 138 valence electrons. The Bertz CT molecular complexity index is 939. The number of hydrogen-bond acceptors (Lipinski definition) is 6. The maximum Gasteiger partial charge on any atom is 0.230 e. The second-order valence-electron chi connectivity index (χ2n) is 6.54. The summed E-state index contributed by atoms with van der Waals surface area (Å²) < 4.78 is 0. The van der Waals surface area contributed by atoms with Crippen molar-refractivity contribution in [2.45, 2.75) is 19.3 Å². The minimum Gasteiger partial charge on any atom is -0.370 e. The molecule has 3 heterocycles. The van der Waals surface area contributed by atoms with E-state index in [1.807, 2.05) is 41.3 Å². The molecule has 1 aliphatic heterocycles. The Morgan fingerprint density at radius 3 is 2.85 bits per heavy atom. The van der Waals surface area contributed by atoms with Gasteiger partial charge in [0.25, 0.3) is 0 Å². The van der Waals surface area contributed by atoms with Crippen LogP contribution in [0.15, 0.2) is 48.8 Å². The number of hydrogen-bond donors (Lipinski definition) is 2. The third kappa shape index (κ3) is 4.13. The number of anilines is 3. The van der Waals surface area contributed by atoms with Crippen LogP contribution in [0.1, 0.15) is 19.3 Å². The van der Waals surface area contributed by atoms with Gasteiger partial charge in [-0.1, -0.05) is 24.3 Å². The summed E-state index contributed by atoms with van der Waals surface area (Å²) in [4.78, 5) is 26.8. The third-order valence-electron chi connectivity index (χ3n) is 4.64. The van der Waals surface area contributed by atoms with E-state index in [4.69, 9.17) is 0 Å². The van der Waals surface area contributed by atoms with Crippen LogP contribution in [0.25, 0.3) is 10.8 Å². The summed E-state index contributed by atoms with van der Waals surface area (Å²) in [5.41, 5.74) is 0. The largest absolute Gasteiger partial charge is 0.370 e. The standard InChI is InChI=1S/C20H22N6O/c27-18-7-3-13-26(18)14-4-10-21-17-9-12-23-20(24-17)25-19-16-6-2-1-5-15(16)8-11-22-19/h1-2,5-6,8-9,11-12H,3-4,7,10,13-14H2,(H2,21,22,23,24,25). The molecule has 0 unspecified atom stereocenters. The summed E-state index contributed by atoms with van der Waals surface area (Å²) in [7, 11) is 0. The highest BCUT2D eigenvalue weighted by Crippen LogP contribution is 2.22. The number of nitrogens with zero attached hydrogens (tertiary/aromatic N) is 4. The molecule has 7 nitrogen and oxygen atoms in total. The van der Waals surface area contributed by atoms with Crippen molar-refractivity contribution in [2.24, 2.45) is 0 Å². The predicted octanol–water partition coefficient (Wildman–Crippen LogP) is 3.19. The Hall–Kier alpha value is -3.22. The summed E-state index contributed by atoms with van der Waals surface area (Å²) in [6.45, 7) is 2.44.